The molecule has 0 aliphatic carbocycles. The summed E-state index contributed by atoms with van der Waals surface area (Å²) in [5.41, 5.74) is 2.49. The van der Waals surface area contributed by atoms with Gasteiger partial charge in [0, 0.05) is 24.7 Å². The van der Waals surface area contributed by atoms with Gasteiger partial charge in [-0.1, -0.05) is 23.7 Å². The van der Waals surface area contributed by atoms with E-state index in [-0.39, 0.29) is 0 Å². The maximum atomic E-state index is 6.26. The number of halogens is 1. The van der Waals surface area contributed by atoms with Crippen LogP contribution in [0.4, 0.5) is 0 Å². The fourth-order valence-corrected chi connectivity index (χ4v) is 2.39. The van der Waals surface area contributed by atoms with Crippen LogP contribution in [-0.4, -0.2) is 23.6 Å². The Kier molecular flexibility index (Phi) is 3.22. The number of para-hydroxylation sites is 1. The molecular weight excluding hydrogens is 220 g/mol. The largest absolute Gasteiger partial charge is 0.346 e. The van der Waals surface area contributed by atoms with E-state index in [0.717, 1.165) is 23.6 Å². The molecule has 2 nitrogen and oxygen atoms in total. The molecular formula is C13H17ClN2. The lowest BCUT2D eigenvalue weighted by molar-refractivity contribution is 0.403. The van der Waals surface area contributed by atoms with Gasteiger partial charge in [0.25, 0.3) is 0 Å². The fourth-order valence-electron chi connectivity index (χ4n) is 2.10. The van der Waals surface area contributed by atoms with E-state index < -0.39 is 0 Å². The van der Waals surface area contributed by atoms with Gasteiger partial charge in [-0.15, -0.1) is 0 Å². The molecule has 0 atom stereocenters. The Hall–Kier alpha value is -0.990. The summed E-state index contributed by atoms with van der Waals surface area (Å²) in [7, 11) is 4.17. The summed E-state index contributed by atoms with van der Waals surface area (Å²) in [5, 5.41) is 2.10. The normalized spacial score (nSPS) is 11.6. The molecule has 0 bridgehead atoms. The van der Waals surface area contributed by atoms with Crippen LogP contribution in [0.2, 0.25) is 5.02 Å². The molecule has 3 heteroatoms. The average Bonchev–Trinajstić information content (AvgIpc) is 2.57. The predicted octanol–water partition coefficient (Wildman–Crippen LogP) is 3.38. The second-order valence-electron chi connectivity index (χ2n) is 4.31. The van der Waals surface area contributed by atoms with E-state index in [1.807, 2.05) is 12.1 Å². The first-order valence-electron chi connectivity index (χ1n) is 5.54. The van der Waals surface area contributed by atoms with Crippen molar-refractivity contribution in [1.29, 1.82) is 0 Å². The van der Waals surface area contributed by atoms with Crippen molar-refractivity contribution in [3.8, 4) is 0 Å². The van der Waals surface area contributed by atoms with Crippen molar-refractivity contribution in [2.24, 2.45) is 0 Å². The monoisotopic (exact) mass is 236 g/mol. The molecule has 0 N–H and O–H groups in total. The van der Waals surface area contributed by atoms with Gasteiger partial charge >= 0.3 is 0 Å². The molecule has 0 fully saturated rings. The van der Waals surface area contributed by atoms with Crippen LogP contribution >= 0.6 is 11.6 Å². The first-order chi connectivity index (χ1) is 7.63. The minimum absolute atomic E-state index is 0.837. The number of aromatic nitrogens is 1. The Morgan fingerprint density at radius 3 is 2.69 bits per heavy atom. The first-order valence-corrected chi connectivity index (χ1v) is 5.92. The lowest BCUT2D eigenvalue weighted by atomic mass is 10.2. The van der Waals surface area contributed by atoms with Crippen LogP contribution in [0.5, 0.6) is 0 Å². The third-order valence-corrected chi connectivity index (χ3v) is 3.06. The van der Waals surface area contributed by atoms with E-state index in [1.165, 1.54) is 10.9 Å². The highest BCUT2D eigenvalue weighted by molar-refractivity contribution is 6.35. The summed E-state index contributed by atoms with van der Waals surface area (Å²) in [5.74, 6) is 0. The number of rotatable bonds is 3. The van der Waals surface area contributed by atoms with Gasteiger partial charge < -0.3 is 9.47 Å². The first kappa shape index (κ1) is 11.5. The maximum absolute atomic E-state index is 6.26. The van der Waals surface area contributed by atoms with Crippen molar-refractivity contribution in [2.45, 2.75) is 20.0 Å². The summed E-state index contributed by atoms with van der Waals surface area (Å²) in [4.78, 5) is 2.18. The van der Waals surface area contributed by atoms with Crippen molar-refractivity contribution >= 4 is 22.5 Å². The van der Waals surface area contributed by atoms with Crippen LogP contribution in [0.15, 0.2) is 24.4 Å². The molecule has 0 amide bonds. The topological polar surface area (TPSA) is 8.17 Å². The minimum Gasteiger partial charge on any atom is -0.346 e. The zero-order chi connectivity index (χ0) is 11.7. The van der Waals surface area contributed by atoms with Crippen molar-refractivity contribution in [1.82, 2.24) is 9.47 Å². The smallest absolute Gasteiger partial charge is 0.0672 e. The molecule has 2 rings (SSSR count). The van der Waals surface area contributed by atoms with Crippen molar-refractivity contribution in [3.05, 3.63) is 35.0 Å². The number of hydrogen-bond donors (Lipinski definition) is 0. The predicted molar refractivity (Wildman–Crippen MR) is 70.0 cm³/mol. The maximum Gasteiger partial charge on any atom is 0.0672 e. The number of fused-ring (bicyclic) bond motifs is 1. The molecule has 0 saturated heterocycles. The minimum atomic E-state index is 0.837. The van der Waals surface area contributed by atoms with E-state index in [2.05, 4.69) is 42.7 Å². The van der Waals surface area contributed by atoms with Crippen molar-refractivity contribution in [2.75, 3.05) is 14.1 Å². The van der Waals surface area contributed by atoms with Crippen LogP contribution in [-0.2, 0) is 13.1 Å². The molecule has 0 spiro atoms. The van der Waals surface area contributed by atoms with E-state index in [4.69, 9.17) is 11.6 Å². The van der Waals surface area contributed by atoms with Gasteiger partial charge in [0.05, 0.1) is 10.5 Å². The third-order valence-electron chi connectivity index (χ3n) is 2.76. The second-order valence-corrected chi connectivity index (χ2v) is 4.72. The quantitative estimate of drug-likeness (QED) is 0.793. The molecule has 1 heterocycles. The lowest BCUT2D eigenvalue weighted by Crippen LogP contribution is -2.10. The zero-order valence-electron chi connectivity index (χ0n) is 10.00. The van der Waals surface area contributed by atoms with Crippen LogP contribution in [0.3, 0.4) is 0 Å². The Bertz CT molecular complexity index is 500. The summed E-state index contributed by atoms with van der Waals surface area (Å²) in [6, 6.07) is 6.12. The fraction of sp³-hybridized carbons (Fsp3) is 0.385. The van der Waals surface area contributed by atoms with Crippen LogP contribution in [0, 0.1) is 0 Å². The third kappa shape index (κ3) is 1.95. The van der Waals surface area contributed by atoms with Crippen LogP contribution in [0.25, 0.3) is 10.9 Å². The van der Waals surface area contributed by atoms with Crippen LogP contribution < -0.4 is 0 Å². The molecule has 0 aliphatic rings. The molecule has 0 radical (unpaired) electrons. The summed E-state index contributed by atoms with van der Waals surface area (Å²) in [6.45, 7) is 4.04. The Balaban J connectivity index is 2.63. The molecule has 2 aromatic rings. The second kappa shape index (κ2) is 4.48. The highest BCUT2D eigenvalue weighted by Crippen LogP contribution is 2.28. The lowest BCUT2D eigenvalue weighted by Gasteiger charge is -2.07. The number of nitrogens with zero attached hydrogens (tertiary/aromatic N) is 2. The number of hydrogen-bond acceptors (Lipinski definition) is 1. The number of benzene rings is 1. The molecule has 1 aromatic carbocycles. The van der Waals surface area contributed by atoms with Gasteiger partial charge in [0.1, 0.15) is 0 Å². The Morgan fingerprint density at radius 1 is 1.31 bits per heavy atom. The van der Waals surface area contributed by atoms with Gasteiger partial charge in [0.15, 0.2) is 0 Å². The Morgan fingerprint density at radius 2 is 2.06 bits per heavy atom. The molecule has 0 unspecified atom stereocenters. The van der Waals surface area contributed by atoms with Crippen molar-refractivity contribution < 1.29 is 0 Å². The molecule has 1 aromatic heterocycles. The highest BCUT2D eigenvalue weighted by Gasteiger charge is 2.10. The molecule has 16 heavy (non-hydrogen) atoms. The van der Waals surface area contributed by atoms with Gasteiger partial charge in [0.2, 0.25) is 0 Å². The average molecular weight is 237 g/mol. The zero-order valence-corrected chi connectivity index (χ0v) is 10.8. The van der Waals surface area contributed by atoms with Crippen LogP contribution in [0.1, 0.15) is 12.5 Å². The van der Waals surface area contributed by atoms with E-state index in [9.17, 15) is 0 Å². The van der Waals surface area contributed by atoms with E-state index in [1.54, 1.807) is 0 Å². The summed E-state index contributed by atoms with van der Waals surface area (Å²) < 4.78 is 2.22. The number of aryl methyl sites for hydroxylation is 1. The highest BCUT2D eigenvalue weighted by atomic mass is 35.5. The van der Waals surface area contributed by atoms with Gasteiger partial charge in [-0.25, -0.2) is 0 Å². The summed E-state index contributed by atoms with van der Waals surface area (Å²) in [6.07, 6.45) is 2.20. The molecule has 0 saturated carbocycles. The van der Waals surface area contributed by atoms with Crippen molar-refractivity contribution in [3.63, 3.8) is 0 Å². The Labute approximate surface area is 101 Å². The molecule has 86 valence electrons. The van der Waals surface area contributed by atoms with Gasteiger partial charge in [-0.3, -0.25) is 0 Å². The van der Waals surface area contributed by atoms with Gasteiger partial charge in [-0.2, -0.15) is 0 Å². The standard InChI is InChI=1S/C13H17ClN2/c1-4-16-9-10(8-15(2)3)11-6-5-7-12(14)13(11)16/h5-7,9H,4,8H2,1-3H3. The molecule has 0 aliphatic heterocycles. The van der Waals surface area contributed by atoms with Gasteiger partial charge in [-0.05, 0) is 32.6 Å². The van der Waals surface area contributed by atoms with E-state index in [0.29, 0.717) is 0 Å². The summed E-state index contributed by atoms with van der Waals surface area (Å²) >= 11 is 6.26. The van der Waals surface area contributed by atoms with E-state index >= 15 is 0 Å². The SMILES string of the molecule is CCn1cc(CN(C)C)c2cccc(Cl)c21.